The first-order chi connectivity index (χ1) is 12.6. The van der Waals surface area contributed by atoms with Gasteiger partial charge in [0, 0.05) is 11.8 Å². The van der Waals surface area contributed by atoms with Gasteiger partial charge in [-0.3, -0.25) is 0 Å². The number of nitriles is 2. The smallest absolute Gasteiger partial charge is 0.357 e. The van der Waals surface area contributed by atoms with Gasteiger partial charge in [-0.25, -0.2) is 4.79 Å². The fourth-order valence-electron chi connectivity index (χ4n) is 2.76. The summed E-state index contributed by atoms with van der Waals surface area (Å²) in [7, 11) is 1.26. The van der Waals surface area contributed by atoms with E-state index in [9.17, 15) is 10.1 Å². The van der Waals surface area contributed by atoms with Crippen molar-refractivity contribution in [3.8, 4) is 29.0 Å². The van der Waals surface area contributed by atoms with Crippen molar-refractivity contribution in [2.24, 2.45) is 0 Å². The van der Waals surface area contributed by atoms with Gasteiger partial charge in [0.2, 0.25) is 0 Å². The van der Waals surface area contributed by atoms with Gasteiger partial charge in [-0.2, -0.15) is 10.5 Å². The minimum absolute atomic E-state index is 0.0778. The SMILES string of the molecule is COC(=O)c1c(N)c(C#N)cn1-c1ccccc1-c1ccc(C#N)cc1. The minimum Gasteiger partial charge on any atom is -0.464 e. The number of benzene rings is 2. The maximum atomic E-state index is 12.2. The monoisotopic (exact) mass is 342 g/mol. The second kappa shape index (κ2) is 6.84. The second-order valence-corrected chi connectivity index (χ2v) is 5.48. The first kappa shape index (κ1) is 16.8. The molecular weight excluding hydrogens is 328 g/mol. The Morgan fingerprint density at radius 3 is 2.38 bits per heavy atom. The summed E-state index contributed by atoms with van der Waals surface area (Å²) < 4.78 is 6.39. The maximum Gasteiger partial charge on any atom is 0.357 e. The molecule has 0 saturated carbocycles. The third-order valence-corrected chi connectivity index (χ3v) is 4.03. The summed E-state index contributed by atoms with van der Waals surface area (Å²) in [5.74, 6) is -0.626. The Labute approximate surface area is 150 Å². The van der Waals surface area contributed by atoms with Gasteiger partial charge >= 0.3 is 5.97 Å². The lowest BCUT2D eigenvalue weighted by molar-refractivity contribution is 0.0593. The Kier molecular flexibility index (Phi) is 4.42. The van der Waals surface area contributed by atoms with Crippen molar-refractivity contribution in [1.82, 2.24) is 4.57 Å². The number of ether oxygens (including phenoxy) is 1. The summed E-state index contributed by atoms with van der Waals surface area (Å²) in [6.07, 6.45) is 1.52. The van der Waals surface area contributed by atoms with E-state index in [-0.39, 0.29) is 16.9 Å². The molecule has 0 bridgehead atoms. The molecule has 0 fully saturated rings. The molecule has 0 aliphatic heterocycles. The van der Waals surface area contributed by atoms with Crippen LogP contribution in [0.2, 0.25) is 0 Å². The summed E-state index contributed by atoms with van der Waals surface area (Å²) in [6, 6.07) is 18.6. The van der Waals surface area contributed by atoms with Gasteiger partial charge in [0.1, 0.15) is 6.07 Å². The van der Waals surface area contributed by atoms with Crippen LogP contribution in [0, 0.1) is 22.7 Å². The minimum atomic E-state index is -0.626. The van der Waals surface area contributed by atoms with Crippen LogP contribution in [0.3, 0.4) is 0 Å². The van der Waals surface area contributed by atoms with Crippen molar-refractivity contribution in [2.45, 2.75) is 0 Å². The molecule has 0 amide bonds. The van der Waals surface area contributed by atoms with Crippen LogP contribution in [0.4, 0.5) is 5.69 Å². The number of esters is 1. The van der Waals surface area contributed by atoms with Crippen LogP contribution in [-0.4, -0.2) is 17.6 Å². The number of anilines is 1. The molecule has 0 radical (unpaired) electrons. The molecule has 0 atom stereocenters. The van der Waals surface area contributed by atoms with E-state index in [2.05, 4.69) is 6.07 Å². The highest BCUT2D eigenvalue weighted by atomic mass is 16.5. The highest BCUT2D eigenvalue weighted by Gasteiger charge is 2.23. The normalized spacial score (nSPS) is 9.96. The van der Waals surface area contributed by atoms with E-state index in [0.29, 0.717) is 11.3 Å². The van der Waals surface area contributed by atoms with Crippen LogP contribution in [-0.2, 0) is 4.74 Å². The van der Waals surface area contributed by atoms with E-state index >= 15 is 0 Å². The number of nitrogens with two attached hydrogens (primary N) is 1. The predicted molar refractivity (Wildman–Crippen MR) is 96.4 cm³/mol. The molecule has 6 heteroatoms. The third-order valence-electron chi connectivity index (χ3n) is 4.03. The fraction of sp³-hybridized carbons (Fsp3) is 0.0500. The van der Waals surface area contributed by atoms with Gasteiger partial charge in [0.25, 0.3) is 0 Å². The van der Waals surface area contributed by atoms with E-state index in [1.54, 1.807) is 16.7 Å². The summed E-state index contributed by atoms with van der Waals surface area (Å²) >= 11 is 0. The molecule has 0 aliphatic carbocycles. The van der Waals surface area contributed by atoms with Gasteiger partial charge < -0.3 is 15.0 Å². The largest absolute Gasteiger partial charge is 0.464 e. The van der Waals surface area contributed by atoms with Crippen molar-refractivity contribution in [1.29, 1.82) is 10.5 Å². The highest BCUT2D eigenvalue weighted by Crippen LogP contribution is 2.31. The molecule has 26 heavy (non-hydrogen) atoms. The molecule has 0 saturated heterocycles. The van der Waals surface area contributed by atoms with Gasteiger partial charge in [0.15, 0.2) is 5.69 Å². The number of methoxy groups -OCH3 is 1. The van der Waals surface area contributed by atoms with Gasteiger partial charge in [-0.15, -0.1) is 0 Å². The Balaban J connectivity index is 2.25. The van der Waals surface area contributed by atoms with Crippen LogP contribution in [0.15, 0.2) is 54.7 Å². The molecule has 3 rings (SSSR count). The van der Waals surface area contributed by atoms with E-state index in [1.165, 1.54) is 13.3 Å². The number of nitrogens with zero attached hydrogens (tertiary/aromatic N) is 3. The molecule has 3 aromatic rings. The zero-order valence-electron chi connectivity index (χ0n) is 13.9. The second-order valence-electron chi connectivity index (χ2n) is 5.48. The number of para-hydroxylation sites is 1. The van der Waals surface area contributed by atoms with Crippen LogP contribution in [0.1, 0.15) is 21.6 Å². The molecular formula is C20H14N4O2. The molecule has 2 N–H and O–H groups in total. The number of rotatable bonds is 3. The van der Waals surface area contributed by atoms with Gasteiger partial charge in [0.05, 0.1) is 35.7 Å². The zero-order valence-corrected chi connectivity index (χ0v) is 13.9. The lowest BCUT2D eigenvalue weighted by atomic mass is 10.0. The predicted octanol–water partition coefficient (Wildman–Crippen LogP) is 3.26. The molecule has 0 unspecified atom stereocenters. The van der Waals surface area contributed by atoms with E-state index in [4.69, 9.17) is 15.7 Å². The Hall–Kier alpha value is -4.03. The third kappa shape index (κ3) is 2.77. The maximum absolute atomic E-state index is 12.2. The van der Waals surface area contributed by atoms with Crippen LogP contribution in [0.5, 0.6) is 0 Å². The molecule has 1 aromatic heterocycles. The average Bonchev–Trinajstić information content (AvgIpc) is 3.03. The summed E-state index contributed by atoms with van der Waals surface area (Å²) in [5, 5.41) is 18.2. The lowest BCUT2D eigenvalue weighted by Crippen LogP contribution is -2.11. The van der Waals surface area contributed by atoms with Crippen LogP contribution in [0.25, 0.3) is 16.8 Å². The summed E-state index contributed by atoms with van der Waals surface area (Å²) in [5.41, 5.74) is 9.26. The molecule has 0 spiro atoms. The lowest BCUT2D eigenvalue weighted by Gasteiger charge is -2.13. The molecule has 1 heterocycles. The number of carbonyl (C=O) groups is 1. The number of carbonyl (C=O) groups excluding carboxylic acids is 1. The first-order valence-electron chi connectivity index (χ1n) is 7.70. The zero-order chi connectivity index (χ0) is 18.7. The van der Waals surface area contributed by atoms with Crippen molar-refractivity contribution in [3.05, 3.63) is 71.5 Å². The van der Waals surface area contributed by atoms with Crippen molar-refractivity contribution in [2.75, 3.05) is 12.8 Å². The van der Waals surface area contributed by atoms with Crippen LogP contribution < -0.4 is 5.73 Å². The summed E-state index contributed by atoms with van der Waals surface area (Å²) in [4.78, 5) is 12.2. The number of hydrogen-bond acceptors (Lipinski definition) is 5. The van der Waals surface area contributed by atoms with Gasteiger partial charge in [-0.05, 0) is 23.8 Å². The average molecular weight is 342 g/mol. The summed E-state index contributed by atoms with van der Waals surface area (Å²) in [6.45, 7) is 0. The Morgan fingerprint density at radius 2 is 1.77 bits per heavy atom. The number of nitrogen functional groups attached to an aromatic ring is 1. The van der Waals surface area contributed by atoms with Crippen LogP contribution >= 0.6 is 0 Å². The molecule has 0 aliphatic rings. The van der Waals surface area contributed by atoms with Crippen molar-refractivity contribution >= 4 is 11.7 Å². The van der Waals surface area contributed by atoms with E-state index < -0.39 is 5.97 Å². The standard InChI is InChI=1S/C20H14N4O2/c1-26-20(25)19-18(23)15(11-22)12-24(19)17-5-3-2-4-16(17)14-8-6-13(10-21)7-9-14/h2-9,12H,23H2,1H3. The van der Waals surface area contributed by atoms with Gasteiger partial charge in [-0.1, -0.05) is 30.3 Å². The number of aromatic nitrogens is 1. The molecule has 6 nitrogen and oxygen atoms in total. The quantitative estimate of drug-likeness (QED) is 0.736. The highest BCUT2D eigenvalue weighted by molar-refractivity contribution is 5.96. The van der Waals surface area contributed by atoms with E-state index in [0.717, 1.165) is 11.1 Å². The topological polar surface area (TPSA) is 105 Å². The van der Waals surface area contributed by atoms with Crippen molar-refractivity contribution < 1.29 is 9.53 Å². The van der Waals surface area contributed by atoms with Crippen molar-refractivity contribution in [3.63, 3.8) is 0 Å². The fourth-order valence-corrected chi connectivity index (χ4v) is 2.76. The first-order valence-corrected chi connectivity index (χ1v) is 7.70. The Bertz CT molecular complexity index is 1070. The molecule has 2 aromatic carbocycles. The number of hydrogen-bond donors (Lipinski definition) is 1. The Morgan fingerprint density at radius 1 is 1.08 bits per heavy atom. The molecule has 126 valence electrons. The van der Waals surface area contributed by atoms with E-state index in [1.807, 2.05) is 42.5 Å².